The molecular formula is C10H20F2N2O2. The zero-order valence-corrected chi connectivity index (χ0v) is 9.60. The van der Waals surface area contributed by atoms with Gasteiger partial charge in [-0.3, -0.25) is 10.2 Å². The van der Waals surface area contributed by atoms with Gasteiger partial charge >= 0.3 is 12.0 Å². The van der Waals surface area contributed by atoms with Crippen LogP contribution in [-0.2, 0) is 9.53 Å². The van der Waals surface area contributed by atoms with E-state index >= 15 is 0 Å². The van der Waals surface area contributed by atoms with Crippen LogP contribution in [0.15, 0.2) is 0 Å². The first-order valence-corrected chi connectivity index (χ1v) is 5.57. The van der Waals surface area contributed by atoms with E-state index < -0.39 is 12.0 Å². The van der Waals surface area contributed by atoms with Crippen LogP contribution < -0.4 is 11.3 Å². The molecule has 0 fully saturated rings. The molecule has 0 saturated carbocycles. The lowest BCUT2D eigenvalue weighted by Crippen LogP contribution is -2.45. The quantitative estimate of drug-likeness (QED) is 0.279. The van der Waals surface area contributed by atoms with E-state index in [-0.39, 0.29) is 6.61 Å². The summed E-state index contributed by atoms with van der Waals surface area (Å²) < 4.78 is 29.6. The fourth-order valence-corrected chi connectivity index (χ4v) is 1.23. The van der Waals surface area contributed by atoms with Gasteiger partial charge < -0.3 is 4.74 Å². The second-order valence-corrected chi connectivity index (χ2v) is 3.61. The van der Waals surface area contributed by atoms with Gasteiger partial charge in [-0.15, -0.1) is 0 Å². The smallest absolute Gasteiger partial charge is 0.313 e. The first-order valence-electron chi connectivity index (χ1n) is 5.57. The standard InChI is InChI=1S/C10H20F2N2O2/c1-2-3-4-5-6-7-8-16-10(11,12)9(15)14-13/h2-8,13H2,1H3,(H,14,15). The molecule has 0 aliphatic carbocycles. The zero-order chi connectivity index (χ0) is 12.4. The Kier molecular flexibility index (Phi) is 8.01. The topological polar surface area (TPSA) is 64.3 Å². The summed E-state index contributed by atoms with van der Waals surface area (Å²) in [5, 5.41) is 0. The average Bonchev–Trinajstić information content (AvgIpc) is 2.26. The van der Waals surface area contributed by atoms with Gasteiger partial charge in [-0.1, -0.05) is 39.0 Å². The number of amides is 1. The van der Waals surface area contributed by atoms with Gasteiger partial charge in [0.15, 0.2) is 0 Å². The Balaban J connectivity index is 3.47. The molecule has 1 amide bonds. The highest BCUT2D eigenvalue weighted by atomic mass is 19.3. The van der Waals surface area contributed by atoms with Gasteiger partial charge in [0.25, 0.3) is 0 Å². The van der Waals surface area contributed by atoms with E-state index in [2.05, 4.69) is 17.5 Å². The monoisotopic (exact) mass is 238 g/mol. The number of nitrogens with one attached hydrogen (secondary N) is 1. The maximum absolute atomic E-state index is 12.7. The van der Waals surface area contributed by atoms with Crippen LogP contribution in [0.4, 0.5) is 8.78 Å². The van der Waals surface area contributed by atoms with E-state index in [1.54, 1.807) is 0 Å². The molecule has 0 bridgehead atoms. The highest BCUT2D eigenvalue weighted by Crippen LogP contribution is 2.16. The molecule has 16 heavy (non-hydrogen) atoms. The summed E-state index contributed by atoms with van der Waals surface area (Å²) in [5.74, 6) is 2.97. The number of carbonyl (C=O) groups is 1. The fraction of sp³-hybridized carbons (Fsp3) is 0.900. The number of rotatable bonds is 9. The van der Waals surface area contributed by atoms with Crippen molar-refractivity contribution in [3.8, 4) is 0 Å². The van der Waals surface area contributed by atoms with Crippen molar-refractivity contribution in [2.45, 2.75) is 51.6 Å². The van der Waals surface area contributed by atoms with Gasteiger partial charge in [-0.2, -0.15) is 8.78 Å². The van der Waals surface area contributed by atoms with Crippen LogP contribution in [0, 0.1) is 0 Å². The van der Waals surface area contributed by atoms with E-state index in [0.717, 1.165) is 32.1 Å². The van der Waals surface area contributed by atoms with Crippen molar-refractivity contribution < 1.29 is 18.3 Å². The van der Waals surface area contributed by atoms with Crippen LogP contribution in [0.3, 0.4) is 0 Å². The minimum Gasteiger partial charge on any atom is -0.313 e. The van der Waals surface area contributed by atoms with E-state index in [1.165, 1.54) is 5.43 Å². The molecule has 96 valence electrons. The van der Waals surface area contributed by atoms with Gasteiger partial charge in [0, 0.05) is 0 Å². The van der Waals surface area contributed by atoms with Crippen molar-refractivity contribution in [1.29, 1.82) is 0 Å². The molecule has 0 aromatic heterocycles. The third-order valence-electron chi connectivity index (χ3n) is 2.18. The SMILES string of the molecule is CCCCCCCCOC(F)(F)C(=O)NN. The van der Waals surface area contributed by atoms with Gasteiger partial charge in [-0.25, -0.2) is 5.84 Å². The van der Waals surface area contributed by atoms with Crippen LogP contribution >= 0.6 is 0 Å². The summed E-state index contributed by atoms with van der Waals surface area (Å²) in [5.41, 5.74) is 1.36. The Morgan fingerprint density at radius 2 is 1.81 bits per heavy atom. The van der Waals surface area contributed by atoms with Crippen molar-refractivity contribution >= 4 is 5.91 Å². The number of hydrazine groups is 1. The van der Waals surface area contributed by atoms with Crippen LogP contribution in [0.25, 0.3) is 0 Å². The molecule has 3 N–H and O–H groups in total. The van der Waals surface area contributed by atoms with E-state index in [0.29, 0.717) is 6.42 Å². The zero-order valence-electron chi connectivity index (χ0n) is 9.60. The van der Waals surface area contributed by atoms with Crippen LogP contribution in [0.2, 0.25) is 0 Å². The van der Waals surface area contributed by atoms with E-state index in [4.69, 9.17) is 0 Å². The summed E-state index contributed by atoms with van der Waals surface area (Å²) in [7, 11) is 0. The molecule has 0 spiro atoms. The summed E-state index contributed by atoms with van der Waals surface area (Å²) in [6.07, 6.45) is 1.95. The molecule has 0 rings (SSSR count). The van der Waals surface area contributed by atoms with Gasteiger partial charge in [-0.05, 0) is 6.42 Å². The second-order valence-electron chi connectivity index (χ2n) is 3.61. The molecule has 0 aliphatic heterocycles. The maximum Gasteiger partial charge on any atom is 0.437 e. The molecule has 0 aromatic carbocycles. The molecule has 0 saturated heterocycles. The Morgan fingerprint density at radius 1 is 1.25 bits per heavy atom. The number of hydrogen-bond acceptors (Lipinski definition) is 3. The van der Waals surface area contributed by atoms with Crippen molar-refractivity contribution in [2.75, 3.05) is 6.61 Å². The Labute approximate surface area is 94.5 Å². The van der Waals surface area contributed by atoms with E-state index in [9.17, 15) is 13.6 Å². The molecular weight excluding hydrogens is 218 g/mol. The first-order chi connectivity index (χ1) is 7.54. The third kappa shape index (κ3) is 6.68. The van der Waals surface area contributed by atoms with Crippen LogP contribution in [0.5, 0.6) is 0 Å². The summed E-state index contributed by atoms with van der Waals surface area (Å²) in [4.78, 5) is 10.5. The predicted octanol–water partition coefficient (Wildman–Crippen LogP) is 1.95. The Hall–Kier alpha value is -0.750. The molecule has 4 nitrogen and oxygen atoms in total. The number of carbonyl (C=O) groups excluding carboxylic acids is 1. The normalized spacial score (nSPS) is 11.5. The largest absolute Gasteiger partial charge is 0.437 e. The predicted molar refractivity (Wildman–Crippen MR) is 56.6 cm³/mol. The summed E-state index contributed by atoms with van der Waals surface area (Å²) in [6.45, 7) is 1.97. The molecule has 6 heteroatoms. The lowest BCUT2D eigenvalue weighted by Gasteiger charge is -2.14. The highest BCUT2D eigenvalue weighted by Gasteiger charge is 2.39. The second kappa shape index (κ2) is 8.41. The van der Waals surface area contributed by atoms with Gasteiger partial charge in [0.1, 0.15) is 0 Å². The van der Waals surface area contributed by atoms with Crippen molar-refractivity contribution in [3.05, 3.63) is 0 Å². The molecule has 0 unspecified atom stereocenters. The molecule has 0 heterocycles. The molecule has 0 atom stereocenters. The molecule has 0 radical (unpaired) electrons. The summed E-state index contributed by atoms with van der Waals surface area (Å²) in [6, 6.07) is 0. The Bertz CT molecular complexity index is 201. The fourth-order valence-electron chi connectivity index (χ4n) is 1.23. The minimum absolute atomic E-state index is 0.132. The third-order valence-corrected chi connectivity index (χ3v) is 2.18. The van der Waals surface area contributed by atoms with Crippen molar-refractivity contribution in [1.82, 2.24) is 5.43 Å². The van der Waals surface area contributed by atoms with Crippen LogP contribution in [0.1, 0.15) is 45.4 Å². The summed E-state index contributed by atoms with van der Waals surface area (Å²) >= 11 is 0. The number of hydrogen-bond donors (Lipinski definition) is 2. The van der Waals surface area contributed by atoms with Gasteiger partial charge in [0.2, 0.25) is 0 Å². The van der Waals surface area contributed by atoms with Gasteiger partial charge in [0.05, 0.1) is 6.61 Å². The number of alkyl halides is 2. The highest BCUT2D eigenvalue weighted by molar-refractivity contribution is 5.81. The average molecular weight is 238 g/mol. The number of nitrogens with two attached hydrogens (primary N) is 1. The first kappa shape index (κ1) is 15.2. The molecule has 0 aliphatic rings. The minimum atomic E-state index is -3.82. The van der Waals surface area contributed by atoms with Crippen LogP contribution in [-0.4, -0.2) is 18.6 Å². The molecule has 0 aromatic rings. The maximum atomic E-state index is 12.7. The van der Waals surface area contributed by atoms with Crippen molar-refractivity contribution in [2.24, 2.45) is 5.84 Å². The lowest BCUT2D eigenvalue weighted by molar-refractivity contribution is -0.231. The number of ether oxygens (including phenoxy) is 1. The number of halogens is 2. The van der Waals surface area contributed by atoms with E-state index in [1.807, 2.05) is 0 Å². The number of unbranched alkanes of at least 4 members (excludes halogenated alkanes) is 5. The van der Waals surface area contributed by atoms with Crippen molar-refractivity contribution in [3.63, 3.8) is 0 Å². The lowest BCUT2D eigenvalue weighted by atomic mass is 10.1. The Morgan fingerprint density at radius 3 is 2.38 bits per heavy atom.